The molecule has 0 radical (unpaired) electrons. The zero-order valence-electron chi connectivity index (χ0n) is 7.62. The monoisotopic (exact) mass is 179 g/mol. The second-order valence-electron chi connectivity index (χ2n) is 2.88. The van der Waals surface area contributed by atoms with Gasteiger partial charge in [-0.15, -0.1) is 5.92 Å². The van der Waals surface area contributed by atoms with Crippen molar-refractivity contribution in [3.8, 4) is 11.8 Å². The van der Waals surface area contributed by atoms with Crippen molar-refractivity contribution in [2.75, 3.05) is 6.61 Å². The van der Waals surface area contributed by atoms with Crippen LogP contribution in [0.4, 0.5) is 0 Å². The molecule has 70 valence electrons. The van der Waals surface area contributed by atoms with E-state index in [0.717, 1.165) is 0 Å². The molecule has 0 unspecified atom stereocenters. The van der Waals surface area contributed by atoms with E-state index in [0.29, 0.717) is 6.42 Å². The Kier molecular flexibility index (Phi) is 3.53. The maximum Gasteiger partial charge on any atom is 0.312 e. The third-order valence-corrected chi connectivity index (χ3v) is 1.98. The molecule has 0 bridgehead atoms. The van der Waals surface area contributed by atoms with E-state index in [-0.39, 0.29) is 24.5 Å². The highest BCUT2D eigenvalue weighted by Crippen LogP contribution is 2.18. The van der Waals surface area contributed by atoms with Crippen molar-refractivity contribution in [2.24, 2.45) is 11.7 Å². The van der Waals surface area contributed by atoms with Crippen LogP contribution in [0.3, 0.4) is 0 Å². The van der Waals surface area contributed by atoms with Crippen LogP contribution in [0.2, 0.25) is 0 Å². The highest BCUT2D eigenvalue weighted by atomic mass is 16.5. The lowest BCUT2D eigenvalue weighted by atomic mass is 10.0. The van der Waals surface area contributed by atoms with E-state index in [2.05, 4.69) is 11.8 Å². The molecule has 0 aromatic heterocycles. The van der Waals surface area contributed by atoms with Crippen LogP contribution >= 0.6 is 0 Å². The van der Waals surface area contributed by atoms with Crippen LogP contribution < -0.4 is 5.73 Å². The molecule has 3 heteroatoms. The maximum absolute atomic E-state index is 11.3. The first-order valence-corrected chi connectivity index (χ1v) is 4.24. The molecule has 1 aliphatic carbocycles. The van der Waals surface area contributed by atoms with Crippen molar-refractivity contribution in [2.45, 2.75) is 19.4 Å². The topological polar surface area (TPSA) is 52.3 Å². The highest BCUT2D eigenvalue weighted by Gasteiger charge is 2.27. The Bertz CT molecular complexity index is 272. The zero-order chi connectivity index (χ0) is 9.68. The van der Waals surface area contributed by atoms with Gasteiger partial charge in [0.25, 0.3) is 0 Å². The molecule has 1 aliphatic rings. The second-order valence-corrected chi connectivity index (χ2v) is 2.88. The van der Waals surface area contributed by atoms with Crippen molar-refractivity contribution in [1.29, 1.82) is 0 Å². The van der Waals surface area contributed by atoms with E-state index >= 15 is 0 Å². The summed E-state index contributed by atoms with van der Waals surface area (Å²) in [5.74, 6) is 4.85. The highest BCUT2D eigenvalue weighted by molar-refractivity contribution is 5.74. The van der Waals surface area contributed by atoms with Gasteiger partial charge in [-0.1, -0.05) is 18.1 Å². The molecule has 0 fully saturated rings. The predicted octanol–water partition coefficient (Wildman–Crippen LogP) is 0.456. The number of nitrogens with two attached hydrogens (primary N) is 1. The van der Waals surface area contributed by atoms with E-state index in [9.17, 15) is 4.79 Å². The summed E-state index contributed by atoms with van der Waals surface area (Å²) in [6.45, 7) is 1.87. The summed E-state index contributed by atoms with van der Waals surface area (Å²) < 4.78 is 4.90. The lowest BCUT2D eigenvalue weighted by Crippen LogP contribution is -2.32. The summed E-state index contributed by atoms with van der Waals surface area (Å²) in [5, 5.41) is 0. The summed E-state index contributed by atoms with van der Waals surface area (Å²) in [5.41, 5.74) is 5.66. The van der Waals surface area contributed by atoms with Crippen molar-refractivity contribution in [3.63, 3.8) is 0 Å². The normalized spacial score (nSPS) is 25.1. The van der Waals surface area contributed by atoms with Gasteiger partial charge in [0.2, 0.25) is 0 Å². The first kappa shape index (κ1) is 9.82. The Morgan fingerprint density at radius 1 is 1.77 bits per heavy atom. The second kappa shape index (κ2) is 4.68. The number of esters is 1. The predicted molar refractivity (Wildman–Crippen MR) is 49.6 cm³/mol. The Hall–Kier alpha value is -1.27. The lowest BCUT2D eigenvalue weighted by Gasteiger charge is -2.12. The Balaban J connectivity index is 2.34. The molecule has 0 heterocycles. The minimum Gasteiger partial charge on any atom is -0.452 e. The van der Waals surface area contributed by atoms with Gasteiger partial charge in [0.1, 0.15) is 0 Å². The molecule has 1 rings (SSSR count). The molecular formula is C10H13NO2. The van der Waals surface area contributed by atoms with Gasteiger partial charge in [-0.25, -0.2) is 0 Å². The molecule has 0 aromatic carbocycles. The van der Waals surface area contributed by atoms with Gasteiger partial charge < -0.3 is 10.5 Å². The van der Waals surface area contributed by atoms with E-state index in [1.54, 1.807) is 6.92 Å². The van der Waals surface area contributed by atoms with Gasteiger partial charge in [-0.3, -0.25) is 4.79 Å². The van der Waals surface area contributed by atoms with Crippen LogP contribution in [0.5, 0.6) is 0 Å². The van der Waals surface area contributed by atoms with Crippen molar-refractivity contribution in [3.05, 3.63) is 12.2 Å². The number of hydrogen-bond donors (Lipinski definition) is 1. The van der Waals surface area contributed by atoms with Crippen molar-refractivity contribution in [1.82, 2.24) is 0 Å². The molecule has 0 saturated carbocycles. The molecule has 3 nitrogen and oxygen atoms in total. The Labute approximate surface area is 77.9 Å². The summed E-state index contributed by atoms with van der Waals surface area (Å²) >= 11 is 0. The molecule has 2 atom stereocenters. The summed E-state index contributed by atoms with van der Waals surface area (Å²) in [7, 11) is 0. The molecular weight excluding hydrogens is 166 g/mol. The maximum atomic E-state index is 11.3. The molecule has 0 spiro atoms. The van der Waals surface area contributed by atoms with Crippen molar-refractivity contribution >= 4 is 5.97 Å². The SMILES string of the molecule is CC#CCOC(=O)[C@@H]1CC=C[C@@H]1N. The van der Waals surface area contributed by atoms with E-state index in [4.69, 9.17) is 10.5 Å². The number of allylic oxidation sites excluding steroid dienone is 1. The zero-order valence-corrected chi connectivity index (χ0v) is 7.62. The number of hydrogen-bond acceptors (Lipinski definition) is 3. The standard InChI is InChI=1S/C10H13NO2/c1-2-3-7-13-10(12)8-5-4-6-9(8)11/h4,6,8-9H,5,7,11H2,1H3/t8-,9+/m1/s1. The number of carbonyl (C=O) groups is 1. The molecule has 0 aliphatic heterocycles. The summed E-state index contributed by atoms with van der Waals surface area (Å²) in [6.07, 6.45) is 4.42. The Morgan fingerprint density at radius 3 is 3.08 bits per heavy atom. The fraction of sp³-hybridized carbons (Fsp3) is 0.500. The molecule has 0 saturated heterocycles. The van der Waals surface area contributed by atoms with Gasteiger partial charge in [0.15, 0.2) is 6.61 Å². The summed E-state index contributed by atoms with van der Waals surface area (Å²) in [6, 6.07) is -0.193. The third kappa shape index (κ3) is 2.60. The van der Waals surface area contributed by atoms with Gasteiger partial charge in [-0.2, -0.15) is 0 Å². The minimum atomic E-state index is -0.250. The number of carbonyl (C=O) groups excluding carboxylic acids is 1. The number of ether oxygens (including phenoxy) is 1. The van der Waals surface area contributed by atoms with E-state index in [1.807, 2.05) is 12.2 Å². The average Bonchev–Trinajstić information content (AvgIpc) is 2.52. The van der Waals surface area contributed by atoms with Crippen LogP contribution in [0.1, 0.15) is 13.3 Å². The van der Waals surface area contributed by atoms with Gasteiger partial charge in [0.05, 0.1) is 5.92 Å². The van der Waals surface area contributed by atoms with Gasteiger partial charge in [0, 0.05) is 6.04 Å². The van der Waals surface area contributed by atoms with Crippen LogP contribution in [-0.4, -0.2) is 18.6 Å². The molecule has 0 aromatic rings. The smallest absolute Gasteiger partial charge is 0.312 e. The number of rotatable bonds is 2. The van der Waals surface area contributed by atoms with E-state index in [1.165, 1.54) is 0 Å². The minimum absolute atomic E-state index is 0.165. The van der Waals surface area contributed by atoms with Crippen LogP contribution in [0.15, 0.2) is 12.2 Å². The van der Waals surface area contributed by atoms with Crippen LogP contribution in [0.25, 0.3) is 0 Å². The fourth-order valence-corrected chi connectivity index (χ4v) is 1.21. The average molecular weight is 179 g/mol. The van der Waals surface area contributed by atoms with Crippen molar-refractivity contribution < 1.29 is 9.53 Å². The van der Waals surface area contributed by atoms with Gasteiger partial charge >= 0.3 is 5.97 Å². The fourth-order valence-electron chi connectivity index (χ4n) is 1.21. The van der Waals surface area contributed by atoms with E-state index < -0.39 is 0 Å². The van der Waals surface area contributed by atoms with Crippen LogP contribution in [0, 0.1) is 17.8 Å². The first-order valence-electron chi connectivity index (χ1n) is 4.24. The largest absolute Gasteiger partial charge is 0.452 e. The molecule has 0 amide bonds. The molecule has 2 N–H and O–H groups in total. The lowest BCUT2D eigenvalue weighted by molar-refractivity contribution is -0.146. The quantitative estimate of drug-likeness (QED) is 0.380. The first-order chi connectivity index (χ1) is 6.25. The Morgan fingerprint density at radius 2 is 2.54 bits per heavy atom. The van der Waals surface area contributed by atoms with Gasteiger partial charge in [-0.05, 0) is 13.3 Å². The van der Waals surface area contributed by atoms with Crippen LogP contribution in [-0.2, 0) is 9.53 Å². The molecule has 13 heavy (non-hydrogen) atoms. The summed E-state index contributed by atoms with van der Waals surface area (Å²) in [4.78, 5) is 11.3. The third-order valence-electron chi connectivity index (χ3n) is 1.98.